The predicted molar refractivity (Wildman–Crippen MR) is 57.4 cm³/mol. The summed E-state index contributed by atoms with van der Waals surface area (Å²) in [6.07, 6.45) is 7.57. The molecule has 0 aliphatic rings. The second kappa shape index (κ2) is 5.40. The van der Waals surface area contributed by atoms with Crippen molar-refractivity contribution in [1.82, 2.24) is 0 Å². The quantitative estimate of drug-likeness (QED) is 0.528. The maximum atomic E-state index is 2.37. The van der Waals surface area contributed by atoms with E-state index >= 15 is 0 Å². The van der Waals surface area contributed by atoms with Gasteiger partial charge in [0.1, 0.15) is 0 Å². The van der Waals surface area contributed by atoms with Crippen LogP contribution >= 0.6 is 0 Å². The van der Waals surface area contributed by atoms with Crippen LogP contribution in [0.5, 0.6) is 0 Å². The molecule has 0 bridgehead atoms. The Morgan fingerprint density at radius 1 is 1.17 bits per heavy atom. The van der Waals surface area contributed by atoms with Gasteiger partial charge in [-0.3, -0.25) is 0 Å². The fourth-order valence-corrected chi connectivity index (χ4v) is 1.55. The molecule has 0 saturated carbocycles. The molecular weight excluding hydrogens is 144 g/mol. The lowest BCUT2D eigenvalue weighted by Gasteiger charge is -2.22. The standard InChI is InChI=1S/C12H24/c1-6-9-12(4,5)10-7-8-11(2)3/h8H,6-7,9-10H2,1-5H3. The first-order chi connectivity index (χ1) is 5.48. The highest BCUT2D eigenvalue weighted by Crippen LogP contribution is 2.28. The lowest BCUT2D eigenvalue weighted by molar-refractivity contribution is 0.307. The monoisotopic (exact) mass is 168 g/mol. The molecule has 0 aromatic carbocycles. The van der Waals surface area contributed by atoms with Crippen molar-refractivity contribution in [2.45, 2.75) is 60.3 Å². The summed E-state index contributed by atoms with van der Waals surface area (Å²) >= 11 is 0. The molecule has 0 aliphatic carbocycles. The van der Waals surface area contributed by atoms with Gasteiger partial charge in [-0.15, -0.1) is 0 Å². The maximum Gasteiger partial charge on any atom is -0.0343 e. The highest BCUT2D eigenvalue weighted by molar-refractivity contribution is 4.93. The van der Waals surface area contributed by atoms with E-state index in [1.807, 2.05) is 0 Å². The van der Waals surface area contributed by atoms with Crippen LogP contribution in [0.25, 0.3) is 0 Å². The van der Waals surface area contributed by atoms with Gasteiger partial charge in [-0.1, -0.05) is 38.8 Å². The zero-order valence-electron chi connectivity index (χ0n) is 9.41. The van der Waals surface area contributed by atoms with Crippen LogP contribution in [0.15, 0.2) is 11.6 Å². The number of rotatable bonds is 5. The SMILES string of the molecule is CCCC(C)(C)CCC=C(C)C. The van der Waals surface area contributed by atoms with E-state index in [4.69, 9.17) is 0 Å². The van der Waals surface area contributed by atoms with Crippen LogP contribution in [0.3, 0.4) is 0 Å². The Morgan fingerprint density at radius 2 is 1.75 bits per heavy atom. The molecule has 0 atom stereocenters. The molecule has 72 valence electrons. The first-order valence-corrected chi connectivity index (χ1v) is 5.11. The summed E-state index contributed by atoms with van der Waals surface area (Å²) in [5.41, 5.74) is 1.99. The van der Waals surface area contributed by atoms with Gasteiger partial charge < -0.3 is 0 Å². The Bertz CT molecular complexity index is 136. The second-order valence-corrected chi connectivity index (χ2v) is 4.73. The molecule has 0 amide bonds. The van der Waals surface area contributed by atoms with Crippen molar-refractivity contribution in [2.24, 2.45) is 5.41 Å². The van der Waals surface area contributed by atoms with Crippen LogP contribution in [0.1, 0.15) is 60.3 Å². The Labute approximate surface area is 78.1 Å². The van der Waals surface area contributed by atoms with Crippen molar-refractivity contribution >= 4 is 0 Å². The average Bonchev–Trinajstić information content (AvgIpc) is 1.85. The predicted octanol–water partition coefficient (Wildman–Crippen LogP) is 4.56. The molecule has 0 fully saturated rings. The molecule has 0 heterocycles. The molecule has 0 N–H and O–H groups in total. The molecule has 0 aromatic heterocycles. The highest BCUT2D eigenvalue weighted by Gasteiger charge is 2.14. The lowest BCUT2D eigenvalue weighted by Crippen LogP contribution is -2.09. The zero-order valence-corrected chi connectivity index (χ0v) is 9.41. The van der Waals surface area contributed by atoms with Crippen LogP contribution in [0, 0.1) is 5.41 Å². The number of hydrogen-bond acceptors (Lipinski definition) is 0. The van der Waals surface area contributed by atoms with Gasteiger partial charge >= 0.3 is 0 Å². The van der Waals surface area contributed by atoms with Crippen LogP contribution < -0.4 is 0 Å². The van der Waals surface area contributed by atoms with Gasteiger partial charge in [-0.25, -0.2) is 0 Å². The molecule has 0 heteroatoms. The fraction of sp³-hybridized carbons (Fsp3) is 0.833. The summed E-state index contributed by atoms with van der Waals surface area (Å²) < 4.78 is 0. The molecule has 0 unspecified atom stereocenters. The summed E-state index contributed by atoms with van der Waals surface area (Å²) in [7, 11) is 0. The molecule has 0 spiro atoms. The van der Waals surface area contributed by atoms with Gasteiger partial charge in [0, 0.05) is 0 Å². The normalized spacial score (nSPS) is 11.4. The molecule has 0 rings (SSSR count). The van der Waals surface area contributed by atoms with E-state index in [1.54, 1.807) is 0 Å². The third-order valence-electron chi connectivity index (χ3n) is 2.30. The number of hydrogen-bond donors (Lipinski definition) is 0. The van der Waals surface area contributed by atoms with E-state index in [0.29, 0.717) is 5.41 Å². The van der Waals surface area contributed by atoms with Crippen molar-refractivity contribution in [3.8, 4) is 0 Å². The third-order valence-corrected chi connectivity index (χ3v) is 2.30. The summed E-state index contributed by atoms with van der Waals surface area (Å²) in [5, 5.41) is 0. The van der Waals surface area contributed by atoms with Gasteiger partial charge in [-0.2, -0.15) is 0 Å². The topological polar surface area (TPSA) is 0 Å². The van der Waals surface area contributed by atoms with E-state index in [9.17, 15) is 0 Å². The fourth-order valence-electron chi connectivity index (χ4n) is 1.55. The maximum absolute atomic E-state index is 2.37. The summed E-state index contributed by atoms with van der Waals surface area (Å²) in [6.45, 7) is 11.4. The minimum absolute atomic E-state index is 0.542. The van der Waals surface area contributed by atoms with Crippen LogP contribution in [-0.2, 0) is 0 Å². The molecule has 12 heavy (non-hydrogen) atoms. The minimum atomic E-state index is 0.542. The first-order valence-electron chi connectivity index (χ1n) is 5.11. The van der Waals surface area contributed by atoms with E-state index < -0.39 is 0 Å². The van der Waals surface area contributed by atoms with Crippen molar-refractivity contribution < 1.29 is 0 Å². The molecule has 0 radical (unpaired) electrons. The minimum Gasteiger partial charge on any atom is -0.0859 e. The Hall–Kier alpha value is -0.260. The van der Waals surface area contributed by atoms with E-state index in [1.165, 1.54) is 31.3 Å². The first kappa shape index (κ1) is 11.7. The molecule has 0 aliphatic heterocycles. The molecule has 0 aromatic rings. The van der Waals surface area contributed by atoms with Gasteiger partial charge in [0.25, 0.3) is 0 Å². The second-order valence-electron chi connectivity index (χ2n) is 4.73. The van der Waals surface area contributed by atoms with Crippen molar-refractivity contribution in [3.05, 3.63) is 11.6 Å². The largest absolute Gasteiger partial charge is 0.0859 e. The zero-order chi connectivity index (χ0) is 9.61. The average molecular weight is 168 g/mol. The van der Waals surface area contributed by atoms with Gasteiger partial charge in [0.15, 0.2) is 0 Å². The Morgan fingerprint density at radius 3 is 2.17 bits per heavy atom. The van der Waals surface area contributed by atoms with E-state index in [2.05, 4.69) is 40.7 Å². The molecular formula is C12H24. The van der Waals surface area contributed by atoms with E-state index in [0.717, 1.165) is 0 Å². The van der Waals surface area contributed by atoms with Crippen molar-refractivity contribution in [2.75, 3.05) is 0 Å². The third kappa shape index (κ3) is 6.45. The van der Waals surface area contributed by atoms with Crippen molar-refractivity contribution in [3.63, 3.8) is 0 Å². The summed E-state index contributed by atoms with van der Waals surface area (Å²) in [4.78, 5) is 0. The molecule has 0 saturated heterocycles. The van der Waals surface area contributed by atoms with Crippen LogP contribution in [-0.4, -0.2) is 0 Å². The van der Waals surface area contributed by atoms with Gasteiger partial charge in [0.2, 0.25) is 0 Å². The van der Waals surface area contributed by atoms with E-state index in [-0.39, 0.29) is 0 Å². The highest BCUT2D eigenvalue weighted by atomic mass is 14.2. The lowest BCUT2D eigenvalue weighted by atomic mass is 9.83. The summed E-state index contributed by atoms with van der Waals surface area (Å²) in [5.74, 6) is 0. The van der Waals surface area contributed by atoms with Gasteiger partial charge in [0.05, 0.1) is 0 Å². The van der Waals surface area contributed by atoms with Crippen LogP contribution in [0.4, 0.5) is 0 Å². The number of allylic oxidation sites excluding steroid dienone is 2. The Kier molecular flexibility index (Phi) is 5.28. The van der Waals surface area contributed by atoms with Gasteiger partial charge in [-0.05, 0) is 38.5 Å². The van der Waals surface area contributed by atoms with Crippen molar-refractivity contribution in [1.29, 1.82) is 0 Å². The molecule has 0 nitrogen and oxygen atoms in total. The smallest absolute Gasteiger partial charge is 0.0343 e. The van der Waals surface area contributed by atoms with Crippen LogP contribution in [0.2, 0.25) is 0 Å². The summed E-state index contributed by atoms with van der Waals surface area (Å²) in [6, 6.07) is 0. The Balaban J connectivity index is 3.68.